The van der Waals surface area contributed by atoms with Crippen LogP contribution in [0.25, 0.3) is 0 Å². The maximum atomic E-state index is 11.8. The van der Waals surface area contributed by atoms with Crippen LogP contribution in [-0.4, -0.2) is 37.6 Å². The van der Waals surface area contributed by atoms with Crippen molar-refractivity contribution in [1.82, 2.24) is 10.2 Å². The molecule has 0 aromatic heterocycles. The lowest BCUT2D eigenvalue weighted by Gasteiger charge is -2.41. The van der Waals surface area contributed by atoms with Crippen molar-refractivity contribution in [1.29, 1.82) is 0 Å². The molecule has 3 rings (SSSR count). The number of carbonyl (C=O) groups is 1. The molecule has 1 aliphatic heterocycles. The van der Waals surface area contributed by atoms with Gasteiger partial charge in [0.05, 0.1) is 20.3 Å². The summed E-state index contributed by atoms with van der Waals surface area (Å²) < 4.78 is 11.0. The molecule has 0 saturated carbocycles. The molecule has 0 bridgehead atoms. The van der Waals surface area contributed by atoms with Crippen molar-refractivity contribution < 1.29 is 14.3 Å². The monoisotopic (exact) mass is 382 g/mol. The predicted octanol–water partition coefficient (Wildman–Crippen LogP) is 3.64. The number of methoxy groups -OCH3 is 2. The molecule has 5 nitrogen and oxygen atoms in total. The van der Waals surface area contributed by atoms with Gasteiger partial charge in [-0.2, -0.15) is 0 Å². The zero-order valence-electron chi connectivity index (χ0n) is 17.4. The number of carbonyl (C=O) groups excluding carboxylic acids is 1. The van der Waals surface area contributed by atoms with Crippen LogP contribution in [0.4, 0.5) is 0 Å². The standard InChI is InChI=1S/C23H30N2O3/c1-15-7-6-8-18(11-15)14-25-10-9-19-12-21(27-4)22(28-5)13-20(19)23(25)16(2)24-17(3)26/h6-8,11-13,16,23H,9-10,14H2,1-5H3,(H,24,26)/t16-,23-/m1/s1. The molecule has 0 fully saturated rings. The van der Waals surface area contributed by atoms with Crippen molar-refractivity contribution in [2.45, 2.75) is 45.8 Å². The number of aryl methyl sites for hydroxylation is 1. The van der Waals surface area contributed by atoms with E-state index in [-0.39, 0.29) is 18.0 Å². The zero-order chi connectivity index (χ0) is 20.3. The first kappa shape index (κ1) is 20.2. The van der Waals surface area contributed by atoms with Crippen molar-refractivity contribution in [3.8, 4) is 11.5 Å². The van der Waals surface area contributed by atoms with Crippen LogP contribution in [0.1, 0.15) is 42.1 Å². The molecular formula is C23H30N2O3. The molecule has 0 aliphatic carbocycles. The number of nitrogens with one attached hydrogen (secondary N) is 1. The molecule has 1 heterocycles. The quantitative estimate of drug-likeness (QED) is 0.829. The van der Waals surface area contributed by atoms with Crippen LogP contribution < -0.4 is 14.8 Å². The SMILES string of the molecule is COc1cc2c(cc1OC)[C@@H]([C@@H](C)NC(C)=O)N(Cc1cccc(C)c1)CC2. The minimum Gasteiger partial charge on any atom is -0.493 e. The summed E-state index contributed by atoms with van der Waals surface area (Å²) in [5, 5.41) is 3.09. The van der Waals surface area contributed by atoms with E-state index >= 15 is 0 Å². The summed E-state index contributed by atoms with van der Waals surface area (Å²) in [5.41, 5.74) is 4.98. The highest BCUT2D eigenvalue weighted by atomic mass is 16.5. The summed E-state index contributed by atoms with van der Waals surface area (Å²) in [6, 6.07) is 12.8. The Kier molecular flexibility index (Phi) is 6.25. The lowest BCUT2D eigenvalue weighted by molar-refractivity contribution is -0.120. The zero-order valence-corrected chi connectivity index (χ0v) is 17.4. The second kappa shape index (κ2) is 8.65. The molecular weight excluding hydrogens is 352 g/mol. The van der Waals surface area contributed by atoms with Crippen LogP contribution >= 0.6 is 0 Å². The number of fused-ring (bicyclic) bond motifs is 1. The van der Waals surface area contributed by atoms with E-state index in [0.717, 1.165) is 31.0 Å². The highest BCUT2D eigenvalue weighted by molar-refractivity contribution is 5.73. The molecule has 1 aliphatic rings. The number of benzene rings is 2. The Morgan fingerprint density at radius 1 is 1.21 bits per heavy atom. The molecule has 0 spiro atoms. The normalized spacial score (nSPS) is 17.5. The van der Waals surface area contributed by atoms with Crippen molar-refractivity contribution in [2.75, 3.05) is 20.8 Å². The molecule has 0 radical (unpaired) electrons. The van der Waals surface area contributed by atoms with E-state index in [0.29, 0.717) is 0 Å². The molecule has 2 atom stereocenters. The Morgan fingerprint density at radius 3 is 2.57 bits per heavy atom. The maximum Gasteiger partial charge on any atom is 0.217 e. The molecule has 1 amide bonds. The van der Waals surface area contributed by atoms with Gasteiger partial charge in [-0.05, 0) is 49.1 Å². The number of ether oxygens (including phenoxy) is 2. The van der Waals surface area contributed by atoms with Gasteiger partial charge in [-0.3, -0.25) is 9.69 Å². The summed E-state index contributed by atoms with van der Waals surface area (Å²) in [6.07, 6.45) is 0.935. The van der Waals surface area contributed by atoms with Crippen LogP contribution in [0.2, 0.25) is 0 Å². The van der Waals surface area contributed by atoms with Gasteiger partial charge in [0.1, 0.15) is 0 Å². The van der Waals surface area contributed by atoms with Gasteiger partial charge >= 0.3 is 0 Å². The fourth-order valence-corrected chi connectivity index (χ4v) is 4.24. The molecule has 28 heavy (non-hydrogen) atoms. The lowest BCUT2D eigenvalue weighted by atomic mass is 9.87. The smallest absolute Gasteiger partial charge is 0.217 e. The Hall–Kier alpha value is -2.53. The van der Waals surface area contributed by atoms with Gasteiger partial charge in [-0.1, -0.05) is 29.8 Å². The van der Waals surface area contributed by atoms with Crippen molar-refractivity contribution in [2.24, 2.45) is 0 Å². The van der Waals surface area contributed by atoms with E-state index in [9.17, 15) is 4.79 Å². The van der Waals surface area contributed by atoms with Crippen molar-refractivity contribution in [3.63, 3.8) is 0 Å². The van der Waals surface area contributed by atoms with E-state index in [1.54, 1.807) is 21.1 Å². The fourth-order valence-electron chi connectivity index (χ4n) is 4.24. The summed E-state index contributed by atoms with van der Waals surface area (Å²) in [4.78, 5) is 14.2. The minimum absolute atomic E-state index is 0.0180. The van der Waals surface area contributed by atoms with E-state index in [1.165, 1.54) is 22.3 Å². The molecule has 1 N–H and O–H groups in total. The largest absolute Gasteiger partial charge is 0.493 e. The van der Waals surface area contributed by atoms with Gasteiger partial charge in [0.2, 0.25) is 5.91 Å². The third kappa shape index (κ3) is 4.30. The van der Waals surface area contributed by atoms with Crippen LogP contribution in [0.3, 0.4) is 0 Å². The number of nitrogens with zero attached hydrogens (tertiary/aromatic N) is 1. The number of hydrogen-bond acceptors (Lipinski definition) is 4. The highest BCUT2D eigenvalue weighted by Gasteiger charge is 2.33. The first-order valence-corrected chi connectivity index (χ1v) is 9.74. The Balaban J connectivity index is 2.00. The Morgan fingerprint density at radius 2 is 1.93 bits per heavy atom. The summed E-state index contributed by atoms with van der Waals surface area (Å²) in [5.74, 6) is 1.45. The van der Waals surface area contributed by atoms with Crippen LogP contribution in [0, 0.1) is 6.92 Å². The molecule has 0 saturated heterocycles. The topological polar surface area (TPSA) is 50.8 Å². The average molecular weight is 383 g/mol. The van der Waals surface area contributed by atoms with E-state index in [4.69, 9.17) is 9.47 Å². The third-order valence-electron chi connectivity index (χ3n) is 5.40. The summed E-state index contributed by atoms with van der Waals surface area (Å²) in [7, 11) is 3.32. The second-order valence-corrected chi connectivity index (χ2v) is 7.55. The number of amides is 1. The van der Waals surface area contributed by atoms with Gasteiger partial charge in [-0.15, -0.1) is 0 Å². The summed E-state index contributed by atoms with van der Waals surface area (Å²) in [6.45, 7) is 7.51. The van der Waals surface area contributed by atoms with Crippen LogP contribution in [-0.2, 0) is 17.8 Å². The number of rotatable bonds is 6. The van der Waals surface area contributed by atoms with Gasteiger partial charge in [0, 0.05) is 26.1 Å². The Bertz CT molecular complexity index is 850. The van der Waals surface area contributed by atoms with Crippen LogP contribution in [0.5, 0.6) is 11.5 Å². The van der Waals surface area contributed by atoms with Gasteiger partial charge in [0.15, 0.2) is 11.5 Å². The molecule has 5 heteroatoms. The second-order valence-electron chi connectivity index (χ2n) is 7.55. The minimum atomic E-state index is -0.0283. The predicted molar refractivity (Wildman–Crippen MR) is 111 cm³/mol. The van der Waals surface area contributed by atoms with E-state index in [1.807, 2.05) is 0 Å². The first-order chi connectivity index (χ1) is 13.4. The lowest BCUT2D eigenvalue weighted by Crippen LogP contribution is -2.46. The average Bonchev–Trinajstić information content (AvgIpc) is 2.66. The maximum absolute atomic E-state index is 11.8. The highest BCUT2D eigenvalue weighted by Crippen LogP contribution is 2.40. The van der Waals surface area contributed by atoms with E-state index in [2.05, 4.69) is 60.5 Å². The van der Waals surface area contributed by atoms with Crippen molar-refractivity contribution in [3.05, 3.63) is 58.7 Å². The van der Waals surface area contributed by atoms with Gasteiger partial charge in [-0.25, -0.2) is 0 Å². The van der Waals surface area contributed by atoms with Gasteiger partial charge in [0.25, 0.3) is 0 Å². The molecule has 0 unspecified atom stereocenters. The fraction of sp³-hybridized carbons (Fsp3) is 0.435. The first-order valence-electron chi connectivity index (χ1n) is 9.74. The Labute approximate surface area is 167 Å². The molecule has 2 aromatic rings. The summed E-state index contributed by atoms with van der Waals surface area (Å²) >= 11 is 0. The molecule has 150 valence electrons. The number of hydrogen-bond donors (Lipinski definition) is 1. The third-order valence-corrected chi connectivity index (χ3v) is 5.40. The molecule has 2 aromatic carbocycles. The van der Waals surface area contributed by atoms with E-state index < -0.39 is 0 Å². The van der Waals surface area contributed by atoms with Crippen LogP contribution in [0.15, 0.2) is 36.4 Å². The van der Waals surface area contributed by atoms with Crippen molar-refractivity contribution >= 4 is 5.91 Å². The van der Waals surface area contributed by atoms with Gasteiger partial charge < -0.3 is 14.8 Å².